The first kappa shape index (κ1) is 14.3. The summed E-state index contributed by atoms with van der Waals surface area (Å²) >= 11 is 6.10. The molecule has 1 heterocycles. The quantitative estimate of drug-likeness (QED) is 0.489. The van der Waals surface area contributed by atoms with Gasteiger partial charge in [0.25, 0.3) is 0 Å². The summed E-state index contributed by atoms with van der Waals surface area (Å²) in [7, 11) is 0. The molecule has 0 aromatic heterocycles. The summed E-state index contributed by atoms with van der Waals surface area (Å²) in [4.78, 5) is 27.6. The van der Waals surface area contributed by atoms with E-state index >= 15 is 0 Å². The van der Waals surface area contributed by atoms with Crippen molar-refractivity contribution in [3.63, 3.8) is 0 Å². The van der Waals surface area contributed by atoms with Crippen LogP contribution in [-0.2, 0) is 11.2 Å². The lowest BCUT2D eigenvalue weighted by molar-refractivity contribution is -0.134. The van der Waals surface area contributed by atoms with Crippen LogP contribution in [0, 0.1) is 11.3 Å². The molecule has 1 aliphatic carbocycles. The van der Waals surface area contributed by atoms with E-state index in [-0.39, 0.29) is 17.6 Å². The van der Waals surface area contributed by atoms with Crippen molar-refractivity contribution < 1.29 is 9.59 Å². The Balaban J connectivity index is 2.06. The van der Waals surface area contributed by atoms with Gasteiger partial charge in [-0.1, -0.05) is 30.3 Å². The van der Waals surface area contributed by atoms with Crippen molar-refractivity contribution in [3.8, 4) is 0 Å². The molecule has 2 aliphatic rings. The van der Waals surface area contributed by atoms with Crippen LogP contribution in [0.2, 0.25) is 0 Å². The molecule has 1 aromatic rings. The Kier molecular flexibility index (Phi) is 3.62. The molecule has 1 aromatic carbocycles. The standard InChI is InChI=1S/C17H18ClNO2/c1-2-9-19-11-13(10-18)17(16(19)21)8-7-12-5-3-4-6-14(12)15(17)20/h2-6,13H,1,7-11H2/t13-,17-/m0/s1. The third-order valence-electron chi connectivity index (χ3n) is 4.80. The Labute approximate surface area is 129 Å². The smallest absolute Gasteiger partial charge is 0.237 e. The molecule has 4 heteroatoms. The average Bonchev–Trinajstić information content (AvgIpc) is 2.78. The summed E-state index contributed by atoms with van der Waals surface area (Å²) < 4.78 is 0. The molecule has 21 heavy (non-hydrogen) atoms. The van der Waals surface area contributed by atoms with Crippen molar-refractivity contribution in [2.24, 2.45) is 11.3 Å². The molecule has 1 aliphatic heterocycles. The highest BCUT2D eigenvalue weighted by molar-refractivity contribution is 6.21. The van der Waals surface area contributed by atoms with Gasteiger partial charge in [0.1, 0.15) is 5.41 Å². The Morgan fingerprint density at radius 1 is 1.38 bits per heavy atom. The van der Waals surface area contributed by atoms with Crippen LogP contribution in [-0.4, -0.2) is 35.6 Å². The SMILES string of the molecule is C=CCN1C[C@H](CCl)[C@]2(CCc3ccccc3C2=O)C1=O. The van der Waals surface area contributed by atoms with Crippen molar-refractivity contribution in [1.29, 1.82) is 0 Å². The molecule has 0 bridgehead atoms. The molecule has 1 amide bonds. The number of rotatable bonds is 3. The third kappa shape index (κ3) is 1.95. The predicted molar refractivity (Wildman–Crippen MR) is 82.5 cm³/mol. The lowest BCUT2D eigenvalue weighted by atomic mass is 9.65. The summed E-state index contributed by atoms with van der Waals surface area (Å²) in [6.45, 7) is 4.71. The van der Waals surface area contributed by atoms with E-state index in [0.29, 0.717) is 31.0 Å². The van der Waals surface area contributed by atoms with Crippen LogP contribution >= 0.6 is 11.6 Å². The normalized spacial score (nSPS) is 28.0. The van der Waals surface area contributed by atoms with E-state index in [1.165, 1.54) is 0 Å². The lowest BCUT2D eigenvalue weighted by Gasteiger charge is -2.35. The second kappa shape index (κ2) is 5.30. The molecule has 0 radical (unpaired) electrons. The van der Waals surface area contributed by atoms with Crippen molar-refractivity contribution in [2.75, 3.05) is 19.0 Å². The summed E-state index contributed by atoms with van der Waals surface area (Å²) in [5.74, 6) is 0.0828. The second-order valence-corrected chi connectivity index (χ2v) is 6.12. The number of ketones is 1. The Morgan fingerprint density at radius 2 is 2.14 bits per heavy atom. The van der Waals surface area contributed by atoms with E-state index in [1.807, 2.05) is 24.3 Å². The van der Waals surface area contributed by atoms with E-state index in [4.69, 9.17) is 11.6 Å². The molecular weight excluding hydrogens is 286 g/mol. The van der Waals surface area contributed by atoms with E-state index in [0.717, 1.165) is 12.0 Å². The molecule has 0 saturated carbocycles. The molecular formula is C17H18ClNO2. The van der Waals surface area contributed by atoms with Gasteiger partial charge in [-0.15, -0.1) is 18.2 Å². The van der Waals surface area contributed by atoms with Crippen LogP contribution in [0.5, 0.6) is 0 Å². The van der Waals surface area contributed by atoms with Crippen LogP contribution < -0.4 is 0 Å². The number of benzene rings is 1. The molecule has 3 rings (SSSR count). The van der Waals surface area contributed by atoms with Gasteiger partial charge in [0, 0.05) is 30.5 Å². The number of halogens is 1. The Morgan fingerprint density at radius 3 is 2.86 bits per heavy atom. The number of hydrogen-bond donors (Lipinski definition) is 0. The number of likely N-dealkylation sites (tertiary alicyclic amines) is 1. The topological polar surface area (TPSA) is 37.4 Å². The largest absolute Gasteiger partial charge is 0.338 e. The van der Waals surface area contributed by atoms with Crippen molar-refractivity contribution in [3.05, 3.63) is 48.0 Å². The first-order valence-corrected chi connectivity index (χ1v) is 7.77. The Hall–Kier alpha value is -1.61. The van der Waals surface area contributed by atoms with Gasteiger partial charge < -0.3 is 4.90 Å². The first-order valence-electron chi connectivity index (χ1n) is 7.24. The van der Waals surface area contributed by atoms with Gasteiger partial charge in [0.15, 0.2) is 5.78 Å². The molecule has 1 saturated heterocycles. The van der Waals surface area contributed by atoms with Gasteiger partial charge in [-0.2, -0.15) is 0 Å². The summed E-state index contributed by atoms with van der Waals surface area (Å²) in [5.41, 5.74) is 0.767. The van der Waals surface area contributed by atoms with E-state index in [1.54, 1.807) is 11.0 Å². The highest BCUT2D eigenvalue weighted by Gasteiger charge is 2.59. The van der Waals surface area contributed by atoms with Gasteiger partial charge >= 0.3 is 0 Å². The molecule has 2 atom stereocenters. The van der Waals surface area contributed by atoms with Crippen molar-refractivity contribution in [1.82, 2.24) is 4.90 Å². The maximum Gasteiger partial charge on any atom is 0.237 e. The second-order valence-electron chi connectivity index (χ2n) is 5.81. The molecule has 1 fully saturated rings. The van der Waals surface area contributed by atoms with Crippen molar-refractivity contribution in [2.45, 2.75) is 12.8 Å². The van der Waals surface area contributed by atoms with Gasteiger partial charge in [0.2, 0.25) is 5.91 Å². The number of Topliss-reactive ketones (excluding diaryl/α,β-unsaturated/α-hetero) is 1. The lowest BCUT2D eigenvalue weighted by Crippen LogP contribution is -2.47. The summed E-state index contributed by atoms with van der Waals surface area (Å²) in [5, 5.41) is 0. The number of carbonyl (C=O) groups is 2. The fourth-order valence-corrected chi connectivity index (χ4v) is 4.06. The minimum absolute atomic E-state index is 0.0495. The van der Waals surface area contributed by atoms with Crippen molar-refractivity contribution >= 4 is 23.3 Å². The monoisotopic (exact) mass is 303 g/mol. The Bertz CT molecular complexity index is 613. The van der Waals surface area contributed by atoms with E-state index in [2.05, 4.69) is 6.58 Å². The fourth-order valence-electron chi connectivity index (χ4n) is 3.69. The van der Waals surface area contributed by atoms with Crippen LogP contribution in [0.4, 0.5) is 0 Å². The molecule has 0 N–H and O–H groups in total. The van der Waals surface area contributed by atoms with E-state index < -0.39 is 5.41 Å². The highest BCUT2D eigenvalue weighted by Crippen LogP contribution is 2.47. The zero-order chi connectivity index (χ0) is 15.0. The zero-order valence-corrected chi connectivity index (χ0v) is 12.6. The number of alkyl halides is 1. The van der Waals surface area contributed by atoms with E-state index in [9.17, 15) is 9.59 Å². The van der Waals surface area contributed by atoms with Crippen LogP contribution in [0.1, 0.15) is 22.3 Å². The number of amides is 1. The number of fused-ring (bicyclic) bond motifs is 1. The summed E-state index contributed by atoms with van der Waals surface area (Å²) in [6.07, 6.45) is 3.01. The number of aryl methyl sites for hydroxylation is 1. The minimum Gasteiger partial charge on any atom is -0.338 e. The maximum absolute atomic E-state index is 13.0. The van der Waals surface area contributed by atoms with Crippen LogP contribution in [0.3, 0.4) is 0 Å². The van der Waals surface area contributed by atoms with Gasteiger partial charge in [0.05, 0.1) is 0 Å². The molecule has 1 spiro atoms. The number of nitrogens with zero attached hydrogens (tertiary/aromatic N) is 1. The molecule has 3 nitrogen and oxygen atoms in total. The van der Waals surface area contributed by atoms with Gasteiger partial charge in [-0.05, 0) is 18.4 Å². The van der Waals surface area contributed by atoms with Crippen LogP contribution in [0.25, 0.3) is 0 Å². The molecule has 110 valence electrons. The first-order chi connectivity index (χ1) is 10.1. The number of carbonyl (C=O) groups excluding carboxylic acids is 2. The highest BCUT2D eigenvalue weighted by atomic mass is 35.5. The molecule has 0 unspecified atom stereocenters. The van der Waals surface area contributed by atoms with Crippen LogP contribution in [0.15, 0.2) is 36.9 Å². The minimum atomic E-state index is -0.959. The zero-order valence-electron chi connectivity index (χ0n) is 11.8. The van der Waals surface area contributed by atoms with Gasteiger partial charge in [-0.25, -0.2) is 0 Å². The average molecular weight is 304 g/mol. The maximum atomic E-state index is 13.0. The number of hydrogen-bond acceptors (Lipinski definition) is 2. The third-order valence-corrected chi connectivity index (χ3v) is 5.17. The predicted octanol–water partition coefficient (Wildman–Crippen LogP) is 2.69. The van der Waals surface area contributed by atoms with Gasteiger partial charge in [-0.3, -0.25) is 9.59 Å². The summed E-state index contributed by atoms with van der Waals surface area (Å²) in [6, 6.07) is 7.58. The fraction of sp³-hybridized carbons (Fsp3) is 0.412.